The van der Waals surface area contributed by atoms with Crippen molar-refractivity contribution in [3.8, 4) is 5.69 Å². The van der Waals surface area contributed by atoms with Crippen LogP contribution in [0, 0.1) is 11.7 Å². The molecule has 0 spiro atoms. The second kappa shape index (κ2) is 8.63. The van der Waals surface area contributed by atoms with Gasteiger partial charge < -0.3 is 10.5 Å². The largest absolute Gasteiger partial charge is 0.381 e. The van der Waals surface area contributed by atoms with Crippen molar-refractivity contribution in [2.75, 3.05) is 19.0 Å². The Balaban J connectivity index is 0.00000192. The molecule has 1 aromatic heterocycles. The van der Waals surface area contributed by atoms with E-state index >= 15 is 0 Å². The van der Waals surface area contributed by atoms with Gasteiger partial charge in [0.25, 0.3) is 0 Å². The highest BCUT2D eigenvalue weighted by atomic mass is 35.5. The molecular weight excluding hydrogens is 339 g/mol. The van der Waals surface area contributed by atoms with Crippen LogP contribution in [0.4, 0.5) is 4.39 Å². The van der Waals surface area contributed by atoms with Gasteiger partial charge in [0, 0.05) is 18.0 Å². The molecule has 2 N–H and O–H groups in total. The number of aromatic nitrogens is 3. The summed E-state index contributed by atoms with van der Waals surface area (Å²) in [5, 5.41) is 9.16. The Morgan fingerprint density at radius 1 is 1.30 bits per heavy atom. The third kappa shape index (κ3) is 4.44. The Hall–Kier alpha value is -1.15. The van der Waals surface area contributed by atoms with E-state index in [1.165, 1.54) is 18.6 Å². The van der Waals surface area contributed by atoms with Gasteiger partial charge >= 0.3 is 0 Å². The lowest BCUT2D eigenvalue weighted by atomic mass is 10.1. The van der Waals surface area contributed by atoms with Crippen molar-refractivity contribution in [3.63, 3.8) is 0 Å². The number of rotatable bonds is 5. The molecule has 1 aliphatic rings. The van der Waals surface area contributed by atoms with Crippen molar-refractivity contribution in [3.05, 3.63) is 35.9 Å². The lowest BCUT2D eigenvalue weighted by Gasteiger charge is -2.21. The van der Waals surface area contributed by atoms with Crippen LogP contribution in [0.2, 0.25) is 0 Å². The Morgan fingerprint density at radius 3 is 2.74 bits per heavy atom. The van der Waals surface area contributed by atoms with E-state index in [2.05, 4.69) is 10.2 Å². The van der Waals surface area contributed by atoms with Gasteiger partial charge in [0.1, 0.15) is 5.82 Å². The number of nitrogens with two attached hydrogens (primary N) is 1. The monoisotopic (exact) mass is 358 g/mol. The Labute approximate surface area is 145 Å². The summed E-state index contributed by atoms with van der Waals surface area (Å²) in [4.78, 5) is 0. The molecule has 1 aromatic carbocycles. The van der Waals surface area contributed by atoms with Crippen LogP contribution >= 0.6 is 24.2 Å². The van der Waals surface area contributed by atoms with Crippen molar-refractivity contribution in [1.29, 1.82) is 0 Å². The lowest BCUT2D eigenvalue weighted by molar-refractivity contribution is 0.0632. The van der Waals surface area contributed by atoms with E-state index in [9.17, 15) is 4.39 Å². The molecule has 126 valence electrons. The molecule has 0 aliphatic carbocycles. The molecule has 1 atom stereocenters. The highest BCUT2D eigenvalue weighted by molar-refractivity contribution is 7.99. The van der Waals surface area contributed by atoms with Crippen molar-refractivity contribution < 1.29 is 9.13 Å². The van der Waals surface area contributed by atoms with Gasteiger partial charge in [-0.2, -0.15) is 0 Å². The first-order valence-electron chi connectivity index (χ1n) is 7.39. The molecule has 0 radical (unpaired) electrons. The van der Waals surface area contributed by atoms with Gasteiger partial charge in [-0.1, -0.05) is 11.8 Å². The molecule has 0 saturated carbocycles. The minimum atomic E-state index is -0.264. The Morgan fingerprint density at radius 2 is 2.09 bits per heavy atom. The minimum Gasteiger partial charge on any atom is -0.381 e. The van der Waals surface area contributed by atoms with Gasteiger partial charge in [0.2, 0.25) is 0 Å². The first kappa shape index (κ1) is 18.2. The summed E-state index contributed by atoms with van der Waals surface area (Å²) in [6.45, 7) is 1.96. The van der Waals surface area contributed by atoms with Crippen LogP contribution in [0.3, 0.4) is 0 Å². The maximum absolute atomic E-state index is 13.1. The molecule has 2 aromatic rings. The molecule has 1 fully saturated rings. The molecule has 1 aliphatic heterocycles. The fraction of sp³-hybridized carbons (Fsp3) is 0.467. The SMILES string of the molecule is Cl.NCc1nnc(SCC2CCCOC2)n1-c1ccc(F)cc1. The second-order valence-corrected chi connectivity index (χ2v) is 6.30. The van der Waals surface area contributed by atoms with Crippen LogP contribution in [-0.2, 0) is 11.3 Å². The third-order valence-corrected chi connectivity index (χ3v) is 4.83. The summed E-state index contributed by atoms with van der Waals surface area (Å²) in [5.74, 6) is 1.89. The van der Waals surface area contributed by atoms with Crippen molar-refractivity contribution in [2.24, 2.45) is 11.7 Å². The molecule has 1 saturated heterocycles. The zero-order valence-corrected chi connectivity index (χ0v) is 14.3. The highest BCUT2D eigenvalue weighted by Crippen LogP contribution is 2.26. The van der Waals surface area contributed by atoms with Crippen LogP contribution < -0.4 is 5.73 Å². The van der Waals surface area contributed by atoms with Crippen molar-refractivity contribution >= 4 is 24.2 Å². The molecule has 23 heavy (non-hydrogen) atoms. The summed E-state index contributed by atoms with van der Waals surface area (Å²) < 4.78 is 20.5. The normalized spacial score (nSPS) is 17.7. The zero-order chi connectivity index (χ0) is 15.4. The average molecular weight is 359 g/mol. The van der Waals surface area contributed by atoms with Crippen LogP contribution in [0.25, 0.3) is 5.69 Å². The van der Waals surface area contributed by atoms with Crippen molar-refractivity contribution in [2.45, 2.75) is 24.5 Å². The topological polar surface area (TPSA) is 66.0 Å². The van der Waals surface area contributed by atoms with Gasteiger partial charge in [0.15, 0.2) is 11.0 Å². The number of thioether (sulfide) groups is 1. The average Bonchev–Trinajstić information content (AvgIpc) is 2.97. The Bertz CT molecular complexity index is 616. The van der Waals surface area contributed by atoms with Crippen LogP contribution in [0.5, 0.6) is 0 Å². The van der Waals surface area contributed by atoms with E-state index in [0.29, 0.717) is 11.7 Å². The van der Waals surface area contributed by atoms with E-state index in [-0.39, 0.29) is 24.8 Å². The first-order chi connectivity index (χ1) is 10.8. The number of halogens is 2. The molecule has 3 rings (SSSR count). The van der Waals surface area contributed by atoms with E-state index < -0.39 is 0 Å². The third-order valence-electron chi connectivity index (χ3n) is 3.67. The lowest BCUT2D eigenvalue weighted by Crippen LogP contribution is -2.19. The van der Waals surface area contributed by atoms with Gasteiger partial charge in [-0.15, -0.1) is 22.6 Å². The molecule has 1 unspecified atom stereocenters. The predicted octanol–water partition coefficient (Wildman–Crippen LogP) is 2.81. The fourth-order valence-corrected chi connectivity index (χ4v) is 3.59. The van der Waals surface area contributed by atoms with E-state index in [1.807, 2.05) is 4.57 Å². The number of hydrogen-bond donors (Lipinski definition) is 1. The van der Waals surface area contributed by atoms with Gasteiger partial charge in [0.05, 0.1) is 13.2 Å². The quantitative estimate of drug-likeness (QED) is 0.832. The molecule has 2 heterocycles. The Kier molecular flexibility index (Phi) is 6.83. The maximum atomic E-state index is 13.1. The fourth-order valence-electron chi connectivity index (χ4n) is 2.51. The second-order valence-electron chi connectivity index (χ2n) is 5.31. The maximum Gasteiger partial charge on any atom is 0.195 e. The molecular formula is C15H20ClFN4OS. The van der Waals surface area contributed by atoms with Crippen LogP contribution in [0.1, 0.15) is 18.7 Å². The van der Waals surface area contributed by atoms with Crippen molar-refractivity contribution in [1.82, 2.24) is 14.8 Å². The first-order valence-corrected chi connectivity index (χ1v) is 8.37. The van der Waals surface area contributed by atoms with Gasteiger partial charge in [-0.3, -0.25) is 4.57 Å². The summed E-state index contributed by atoms with van der Waals surface area (Å²) in [6, 6.07) is 6.29. The van der Waals surface area contributed by atoms with Gasteiger partial charge in [-0.25, -0.2) is 4.39 Å². The summed E-state index contributed by atoms with van der Waals surface area (Å²) in [7, 11) is 0. The van der Waals surface area contributed by atoms with Crippen LogP contribution in [0.15, 0.2) is 29.4 Å². The number of hydrogen-bond acceptors (Lipinski definition) is 5. The molecule has 0 bridgehead atoms. The molecule has 0 amide bonds. The zero-order valence-electron chi connectivity index (χ0n) is 12.7. The molecule has 8 heteroatoms. The highest BCUT2D eigenvalue weighted by Gasteiger charge is 2.18. The summed E-state index contributed by atoms with van der Waals surface area (Å²) in [6.07, 6.45) is 2.30. The standard InChI is InChI=1S/C15H19FN4OS.ClH/c16-12-3-5-13(6-4-12)20-14(8-17)18-19-15(20)22-10-11-2-1-7-21-9-11;/h3-6,11H,1-2,7-10,17H2;1H. The summed E-state index contributed by atoms with van der Waals surface area (Å²) >= 11 is 1.65. The predicted molar refractivity (Wildman–Crippen MR) is 90.7 cm³/mol. The van der Waals surface area contributed by atoms with Crippen LogP contribution in [-0.4, -0.2) is 33.7 Å². The number of ether oxygens (including phenoxy) is 1. The summed E-state index contributed by atoms with van der Waals surface area (Å²) in [5.41, 5.74) is 6.57. The molecule has 5 nitrogen and oxygen atoms in total. The number of nitrogens with zero attached hydrogens (tertiary/aromatic N) is 3. The smallest absolute Gasteiger partial charge is 0.195 e. The van der Waals surface area contributed by atoms with E-state index in [0.717, 1.165) is 36.2 Å². The van der Waals surface area contributed by atoms with E-state index in [1.54, 1.807) is 23.9 Å². The number of benzene rings is 1. The van der Waals surface area contributed by atoms with E-state index in [4.69, 9.17) is 10.5 Å². The van der Waals surface area contributed by atoms with Gasteiger partial charge in [-0.05, 0) is 43.0 Å². The minimum absolute atomic E-state index is 0.